The molecule has 122 valence electrons. The fourth-order valence-electron chi connectivity index (χ4n) is 2.29. The Morgan fingerprint density at radius 3 is 2.43 bits per heavy atom. The monoisotopic (exact) mass is 311 g/mol. The predicted octanol–water partition coefficient (Wildman–Crippen LogP) is 3.07. The number of pyridine rings is 1. The van der Waals surface area contributed by atoms with Crippen molar-refractivity contribution in [3.8, 4) is 0 Å². The van der Waals surface area contributed by atoms with Gasteiger partial charge < -0.3 is 5.32 Å². The van der Waals surface area contributed by atoms with E-state index in [4.69, 9.17) is 0 Å². The first-order valence-electron chi connectivity index (χ1n) is 8.02. The fourth-order valence-corrected chi connectivity index (χ4v) is 2.29. The molecule has 4 heteroatoms. The first-order chi connectivity index (χ1) is 11.0. The first kappa shape index (κ1) is 17.2. The van der Waals surface area contributed by atoms with Crippen LogP contribution < -0.4 is 10.6 Å². The van der Waals surface area contributed by atoms with E-state index in [1.807, 2.05) is 62.4 Å². The molecule has 0 saturated heterocycles. The number of carbonyl (C=O) groups excluding carboxylic acids is 1. The summed E-state index contributed by atoms with van der Waals surface area (Å²) in [6, 6.07) is 15.8. The van der Waals surface area contributed by atoms with Crippen molar-refractivity contribution < 1.29 is 4.79 Å². The van der Waals surface area contributed by atoms with Crippen molar-refractivity contribution in [1.29, 1.82) is 0 Å². The van der Waals surface area contributed by atoms with Crippen LogP contribution in [0, 0.1) is 0 Å². The van der Waals surface area contributed by atoms with Gasteiger partial charge in [-0.25, -0.2) is 0 Å². The van der Waals surface area contributed by atoms with Gasteiger partial charge >= 0.3 is 0 Å². The second-order valence-corrected chi connectivity index (χ2v) is 6.26. The highest BCUT2D eigenvalue weighted by Gasteiger charge is 2.20. The SMILES string of the molecule is CCC(C)(C)NC(=O)CN[C@H](c1ccccc1)c1ccccn1. The predicted molar refractivity (Wildman–Crippen MR) is 93.0 cm³/mol. The number of benzene rings is 1. The van der Waals surface area contributed by atoms with Crippen molar-refractivity contribution in [3.05, 3.63) is 66.0 Å². The number of aromatic nitrogens is 1. The Hall–Kier alpha value is -2.20. The van der Waals surface area contributed by atoms with Crippen molar-refractivity contribution >= 4 is 5.91 Å². The van der Waals surface area contributed by atoms with Crippen molar-refractivity contribution in [3.63, 3.8) is 0 Å². The van der Waals surface area contributed by atoms with Crippen LogP contribution in [0.4, 0.5) is 0 Å². The van der Waals surface area contributed by atoms with E-state index in [2.05, 4.69) is 22.5 Å². The van der Waals surface area contributed by atoms with Crippen LogP contribution in [0.25, 0.3) is 0 Å². The van der Waals surface area contributed by atoms with Crippen LogP contribution in [0.2, 0.25) is 0 Å². The van der Waals surface area contributed by atoms with E-state index < -0.39 is 0 Å². The lowest BCUT2D eigenvalue weighted by Crippen LogP contribution is -2.47. The summed E-state index contributed by atoms with van der Waals surface area (Å²) in [5.74, 6) is -0.00582. The third-order valence-electron chi connectivity index (χ3n) is 3.94. The van der Waals surface area contributed by atoms with Crippen molar-refractivity contribution in [2.24, 2.45) is 0 Å². The molecular weight excluding hydrogens is 286 g/mol. The van der Waals surface area contributed by atoms with E-state index in [1.165, 1.54) is 0 Å². The van der Waals surface area contributed by atoms with Gasteiger partial charge in [0.1, 0.15) is 0 Å². The summed E-state index contributed by atoms with van der Waals surface area (Å²) in [5, 5.41) is 6.37. The molecule has 0 radical (unpaired) electrons. The molecular formula is C19H25N3O. The summed E-state index contributed by atoms with van der Waals surface area (Å²) in [6.45, 7) is 6.37. The maximum absolute atomic E-state index is 12.2. The van der Waals surface area contributed by atoms with E-state index in [0.717, 1.165) is 17.7 Å². The second-order valence-electron chi connectivity index (χ2n) is 6.26. The molecule has 1 heterocycles. The van der Waals surface area contributed by atoms with Gasteiger partial charge in [-0.05, 0) is 38.0 Å². The van der Waals surface area contributed by atoms with E-state index in [1.54, 1.807) is 6.20 Å². The molecule has 0 aliphatic rings. The van der Waals surface area contributed by atoms with Gasteiger partial charge in [0.15, 0.2) is 0 Å². The summed E-state index contributed by atoms with van der Waals surface area (Å²) < 4.78 is 0. The van der Waals surface area contributed by atoms with E-state index in [9.17, 15) is 4.79 Å². The standard InChI is InChI=1S/C19H25N3O/c1-4-19(2,3)22-17(23)14-21-18(15-10-6-5-7-11-15)16-12-8-9-13-20-16/h5-13,18,21H,4,14H2,1-3H3,(H,22,23)/t18-/m1/s1. The number of rotatable bonds is 7. The molecule has 0 saturated carbocycles. The normalized spacial score (nSPS) is 12.7. The first-order valence-corrected chi connectivity index (χ1v) is 8.02. The van der Waals surface area contributed by atoms with Gasteiger partial charge in [0.05, 0.1) is 18.3 Å². The third-order valence-corrected chi connectivity index (χ3v) is 3.94. The maximum Gasteiger partial charge on any atom is 0.234 e. The zero-order valence-electron chi connectivity index (χ0n) is 14.0. The van der Waals surface area contributed by atoms with Gasteiger partial charge in [0.2, 0.25) is 5.91 Å². The number of amides is 1. The lowest BCUT2D eigenvalue weighted by molar-refractivity contribution is -0.121. The topological polar surface area (TPSA) is 54.0 Å². The number of hydrogen-bond acceptors (Lipinski definition) is 3. The summed E-state index contributed by atoms with van der Waals surface area (Å²) in [5.41, 5.74) is 1.81. The molecule has 0 aliphatic heterocycles. The van der Waals surface area contributed by atoms with Crippen LogP contribution >= 0.6 is 0 Å². The summed E-state index contributed by atoms with van der Waals surface area (Å²) in [6.07, 6.45) is 2.66. The highest BCUT2D eigenvalue weighted by molar-refractivity contribution is 5.78. The Kier molecular flexibility index (Phi) is 5.88. The number of nitrogens with zero attached hydrogens (tertiary/aromatic N) is 1. The molecule has 0 aliphatic carbocycles. The zero-order valence-corrected chi connectivity index (χ0v) is 14.0. The number of carbonyl (C=O) groups is 1. The van der Waals surface area contributed by atoms with Gasteiger partial charge in [0, 0.05) is 11.7 Å². The Morgan fingerprint density at radius 2 is 1.83 bits per heavy atom. The number of hydrogen-bond donors (Lipinski definition) is 2. The molecule has 1 aromatic carbocycles. The summed E-state index contributed by atoms with van der Waals surface area (Å²) in [7, 11) is 0. The largest absolute Gasteiger partial charge is 0.350 e. The molecule has 0 fully saturated rings. The molecule has 2 aromatic rings. The maximum atomic E-state index is 12.2. The minimum Gasteiger partial charge on any atom is -0.350 e. The summed E-state index contributed by atoms with van der Waals surface area (Å²) >= 11 is 0. The minimum absolute atomic E-state index is 0.00582. The quantitative estimate of drug-likeness (QED) is 0.826. The van der Waals surface area contributed by atoms with Crippen molar-refractivity contribution in [1.82, 2.24) is 15.6 Å². The molecule has 1 aromatic heterocycles. The molecule has 4 nitrogen and oxygen atoms in total. The van der Waals surface area contributed by atoms with E-state index in [-0.39, 0.29) is 24.0 Å². The van der Waals surface area contributed by atoms with Crippen LogP contribution in [0.15, 0.2) is 54.7 Å². The average Bonchev–Trinajstić information content (AvgIpc) is 2.56. The van der Waals surface area contributed by atoms with Gasteiger partial charge in [-0.2, -0.15) is 0 Å². The molecule has 0 unspecified atom stereocenters. The lowest BCUT2D eigenvalue weighted by Gasteiger charge is -2.25. The average molecular weight is 311 g/mol. The molecule has 1 amide bonds. The van der Waals surface area contributed by atoms with Crippen LogP contribution in [0.1, 0.15) is 44.5 Å². The smallest absolute Gasteiger partial charge is 0.234 e. The van der Waals surface area contributed by atoms with Gasteiger partial charge in [0.25, 0.3) is 0 Å². The Morgan fingerprint density at radius 1 is 1.13 bits per heavy atom. The van der Waals surface area contributed by atoms with Crippen LogP contribution in [0.3, 0.4) is 0 Å². The molecule has 1 atom stereocenters. The van der Waals surface area contributed by atoms with E-state index >= 15 is 0 Å². The van der Waals surface area contributed by atoms with Gasteiger partial charge in [-0.1, -0.05) is 43.3 Å². The molecule has 23 heavy (non-hydrogen) atoms. The summed E-state index contributed by atoms with van der Waals surface area (Å²) in [4.78, 5) is 16.6. The van der Waals surface area contributed by atoms with E-state index in [0.29, 0.717) is 0 Å². The van der Waals surface area contributed by atoms with Crippen LogP contribution in [0.5, 0.6) is 0 Å². The Balaban J connectivity index is 2.09. The highest BCUT2D eigenvalue weighted by Crippen LogP contribution is 2.19. The zero-order chi connectivity index (χ0) is 16.7. The molecule has 2 rings (SSSR count). The van der Waals surface area contributed by atoms with Crippen LogP contribution in [-0.4, -0.2) is 23.0 Å². The molecule has 0 bridgehead atoms. The van der Waals surface area contributed by atoms with Gasteiger partial charge in [-0.15, -0.1) is 0 Å². The second kappa shape index (κ2) is 7.88. The highest BCUT2D eigenvalue weighted by atomic mass is 16.2. The van der Waals surface area contributed by atoms with Crippen molar-refractivity contribution in [2.75, 3.05) is 6.54 Å². The number of nitrogens with one attached hydrogen (secondary N) is 2. The molecule has 2 N–H and O–H groups in total. The third kappa shape index (κ3) is 5.18. The minimum atomic E-state index is -0.188. The Labute approximate surface area is 138 Å². The Bertz CT molecular complexity index is 572. The van der Waals surface area contributed by atoms with Crippen molar-refractivity contribution in [2.45, 2.75) is 38.8 Å². The lowest BCUT2D eigenvalue weighted by atomic mass is 10.0. The van der Waals surface area contributed by atoms with Gasteiger partial charge in [-0.3, -0.25) is 15.1 Å². The molecule has 0 spiro atoms. The van der Waals surface area contributed by atoms with Crippen LogP contribution in [-0.2, 0) is 4.79 Å². The fraction of sp³-hybridized carbons (Fsp3) is 0.368.